The quantitative estimate of drug-likeness (QED) is 0.626. The van der Waals surface area contributed by atoms with Crippen LogP contribution in [0, 0.1) is 26.2 Å². The Morgan fingerprint density at radius 2 is 2.30 bits per heavy atom. The third-order valence-corrected chi connectivity index (χ3v) is 4.19. The Labute approximate surface area is 124 Å². The van der Waals surface area contributed by atoms with Gasteiger partial charge in [0.25, 0.3) is 0 Å². The second-order valence-corrected chi connectivity index (χ2v) is 6.32. The van der Waals surface area contributed by atoms with Gasteiger partial charge in [-0.3, -0.25) is 9.30 Å². The van der Waals surface area contributed by atoms with E-state index in [2.05, 4.69) is 52.6 Å². The fraction of sp³-hybridized carbons (Fsp3) is 0.533. The van der Waals surface area contributed by atoms with Gasteiger partial charge in [0, 0.05) is 17.6 Å². The van der Waals surface area contributed by atoms with Crippen molar-refractivity contribution in [2.45, 2.75) is 26.8 Å². The molecule has 0 unspecified atom stereocenters. The molecule has 20 heavy (non-hydrogen) atoms. The van der Waals surface area contributed by atoms with Crippen molar-refractivity contribution in [3.8, 4) is 12.3 Å². The standard InChI is InChI=1S/C15H22N4S/c1-5-8-18(4)9-6-7-16-10-14-13(3)17-15-19(14)11-12(2)20-15/h1,11,16H,6-10H2,2-4H3. The van der Waals surface area contributed by atoms with Gasteiger partial charge in [-0.05, 0) is 40.4 Å². The molecule has 0 amide bonds. The molecule has 2 heterocycles. The first-order valence-electron chi connectivity index (χ1n) is 6.88. The molecule has 0 radical (unpaired) electrons. The summed E-state index contributed by atoms with van der Waals surface area (Å²) in [5.41, 5.74) is 2.38. The Balaban J connectivity index is 1.81. The van der Waals surface area contributed by atoms with E-state index in [9.17, 15) is 0 Å². The van der Waals surface area contributed by atoms with E-state index in [0.717, 1.165) is 43.3 Å². The van der Waals surface area contributed by atoms with Crippen LogP contribution in [0.15, 0.2) is 6.20 Å². The Morgan fingerprint density at radius 3 is 3.05 bits per heavy atom. The lowest BCUT2D eigenvalue weighted by Crippen LogP contribution is -2.24. The molecule has 1 N–H and O–H groups in total. The molecule has 2 aromatic heterocycles. The van der Waals surface area contributed by atoms with Gasteiger partial charge in [-0.1, -0.05) is 5.92 Å². The number of thiazole rings is 1. The van der Waals surface area contributed by atoms with Crippen molar-refractivity contribution >= 4 is 16.3 Å². The zero-order valence-corrected chi connectivity index (χ0v) is 13.3. The zero-order chi connectivity index (χ0) is 14.5. The average Bonchev–Trinajstić information content (AvgIpc) is 2.86. The molecule has 0 aliphatic rings. The summed E-state index contributed by atoms with van der Waals surface area (Å²) in [6, 6.07) is 0. The number of aryl methyl sites for hydroxylation is 2. The number of hydrogen-bond acceptors (Lipinski definition) is 4. The molecule has 108 valence electrons. The Bertz CT molecular complexity index is 605. The summed E-state index contributed by atoms with van der Waals surface area (Å²) in [5.74, 6) is 2.66. The maximum atomic E-state index is 5.28. The Hall–Kier alpha value is -1.35. The van der Waals surface area contributed by atoms with Crippen LogP contribution in [-0.4, -0.2) is 41.0 Å². The van der Waals surface area contributed by atoms with Crippen LogP contribution >= 0.6 is 11.3 Å². The molecule has 0 aromatic carbocycles. The van der Waals surface area contributed by atoms with E-state index >= 15 is 0 Å². The SMILES string of the molecule is C#CCN(C)CCCNCc1c(C)nc2sc(C)cn12. The molecule has 2 aromatic rings. The maximum Gasteiger partial charge on any atom is 0.194 e. The third-order valence-electron chi connectivity index (χ3n) is 3.29. The highest BCUT2D eigenvalue weighted by atomic mass is 32.1. The highest BCUT2D eigenvalue weighted by Crippen LogP contribution is 2.20. The summed E-state index contributed by atoms with van der Waals surface area (Å²) in [6.45, 7) is 7.79. The highest BCUT2D eigenvalue weighted by Gasteiger charge is 2.10. The summed E-state index contributed by atoms with van der Waals surface area (Å²) in [6.07, 6.45) is 8.54. The van der Waals surface area contributed by atoms with Gasteiger partial charge in [0.1, 0.15) is 0 Å². The minimum atomic E-state index is 0.719. The zero-order valence-electron chi connectivity index (χ0n) is 12.4. The number of imidazole rings is 1. The van der Waals surface area contributed by atoms with E-state index in [4.69, 9.17) is 6.42 Å². The predicted molar refractivity (Wildman–Crippen MR) is 85.2 cm³/mol. The molecular formula is C15H22N4S. The van der Waals surface area contributed by atoms with Crippen molar-refractivity contribution in [2.24, 2.45) is 0 Å². The van der Waals surface area contributed by atoms with Gasteiger partial charge in [-0.15, -0.1) is 17.8 Å². The van der Waals surface area contributed by atoms with Crippen LogP contribution in [0.5, 0.6) is 0 Å². The first-order valence-corrected chi connectivity index (χ1v) is 7.70. The van der Waals surface area contributed by atoms with Crippen LogP contribution < -0.4 is 5.32 Å². The number of aromatic nitrogens is 2. The number of hydrogen-bond donors (Lipinski definition) is 1. The molecule has 0 saturated carbocycles. The first kappa shape index (κ1) is 15.0. The molecule has 0 fully saturated rings. The van der Waals surface area contributed by atoms with Gasteiger partial charge >= 0.3 is 0 Å². The van der Waals surface area contributed by atoms with Gasteiger partial charge < -0.3 is 5.32 Å². The smallest absolute Gasteiger partial charge is 0.194 e. The van der Waals surface area contributed by atoms with Crippen molar-refractivity contribution in [3.05, 3.63) is 22.5 Å². The third kappa shape index (κ3) is 3.60. The van der Waals surface area contributed by atoms with E-state index in [-0.39, 0.29) is 0 Å². The summed E-state index contributed by atoms with van der Waals surface area (Å²) in [4.78, 5) is 9.14. The number of rotatable bonds is 7. The summed E-state index contributed by atoms with van der Waals surface area (Å²) in [5, 5.41) is 3.49. The second kappa shape index (κ2) is 6.89. The summed E-state index contributed by atoms with van der Waals surface area (Å²) in [7, 11) is 2.05. The number of nitrogens with one attached hydrogen (secondary N) is 1. The lowest BCUT2D eigenvalue weighted by atomic mass is 10.3. The topological polar surface area (TPSA) is 32.6 Å². The fourth-order valence-electron chi connectivity index (χ4n) is 2.24. The van der Waals surface area contributed by atoms with Crippen molar-refractivity contribution in [3.63, 3.8) is 0 Å². The maximum absolute atomic E-state index is 5.28. The van der Waals surface area contributed by atoms with E-state index in [0.29, 0.717) is 0 Å². The lowest BCUT2D eigenvalue weighted by molar-refractivity contribution is 0.365. The Kier molecular flexibility index (Phi) is 5.18. The van der Waals surface area contributed by atoms with Crippen LogP contribution in [0.1, 0.15) is 22.7 Å². The van der Waals surface area contributed by atoms with Gasteiger partial charge in [-0.25, -0.2) is 4.98 Å². The number of nitrogens with zero attached hydrogens (tertiary/aromatic N) is 3. The molecule has 0 atom stereocenters. The van der Waals surface area contributed by atoms with Crippen molar-refractivity contribution < 1.29 is 0 Å². The summed E-state index contributed by atoms with van der Waals surface area (Å²) >= 11 is 1.74. The molecule has 0 saturated heterocycles. The highest BCUT2D eigenvalue weighted by molar-refractivity contribution is 7.17. The van der Waals surface area contributed by atoms with Crippen LogP contribution in [0.2, 0.25) is 0 Å². The normalized spacial score (nSPS) is 11.3. The van der Waals surface area contributed by atoms with E-state index in [1.165, 1.54) is 10.6 Å². The van der Waals surface area contributed by atoms with E-state index in [1.54, 1.807) is 11.3 Å². The van der Waals surface area contributed by atoms with Gasteiger partial charge in [0.2, 0.25) is 0 Å². The lowest BCUT2D eigenvalue weighted by Gasteiger charge is -2.13. The van der Waals surface area contributed by atoms with E-state index in [1.807, 2.05) is 0 Å². The molecular weight excluding hydrogens is 268 g/mol. The molecule has 2 rings (SSSR count). The average molecular weight is 290 g/mol. The molecule has 5 heteroatoms. The fourth-order valence-corrected chi connectivity index (χ4v) is 3.13. The second-order valence-electron chi connectivity index (χ2n) is 5.11. The van der Waals surface area contributed by atoms with E-state index < -0.39 is 0 Å². The summed E-state index contributed by atoms with van der Waals surface area (Å²) < 4.78 is 2.20. The molecule has 0 aliphatic heterocycles. The van der Waals surface area contributed by atoms with Crippen molar-refractivity contribution in [2.75, 3.05) is 26.7 Å². The van der Waals surface area contributed by atoms with Crippen LogP contribution in [0.3, 0.4) is 0 Å². The minimum absolute atomic E-state index is 0.719. The Morgan fingerprint density at radius 1 is 1.50 bits per heavy atom. The number of fused-ring (bicyclic) bond motifs is 1. The van der Waals surface area contributed by atoms with Gasteiger partial charge in [-0.2, -0.15) is 0 Å². The van der Waals surface area contributed by atoms with Crippen molar-refractivity contribution in [1.82, 2.24) is 19.6 Å². The minimum Gasteiger partial charge on any atom is -0.311 e. The molecule has 0 bridgehead atoms. The largest absolute Gasteiger partial charge is 0.311 e. The molecule has 0 aliphatic carbocycles. The van der Waals surface area contributed by atoms with Crippen LogP contribution in [0.4, 0.5) is 0 Å². The van der Waals surface area contributed by atoms with Crippen molar-refractivity contribution in [1.29, 1.82) is 0 Å². The van der Waals surface area contributed by atoms with Crippen LogP contribution in [0.25, 0.3) is 4.96 Å². The predicted octanol–water partition coefficient (Wildman–Crippen LogP) is 2.06. The molecule has 4 nitrogen and oxygen atoms in total. The van der Waals surface area contributed by atoms with Gasteiger partial charge in [0.15, 0.2) is 4.96 Å². The molecule has 0 spiro atoms. The first-order chi connectivity index (χ1) is 9.61. The van der Waals surface area contributed by atoms with Crippen LogP contribution in [-0.2, 0) is 6.54 Å². The number of terminal acetylenes is 1. The van der Waals surface area contributed by atoms with Gasteiger partial charge in [0.05, 0.1) is 17.9 Å². The monoisotopic (exact) mass is 290 g/mol.